The van der Waals surface area contributed by atoms with Gasteiger partial charge in [-0.2, -0.15) is 0 Å². The van der Waals surface area contributed by atoms with Gasteiger partial charge in [0.1, 0.15) is 10.0 Å². The number of pyridine rings is 1. The normalized spacial score (nSPS) is 17.7. The van der Waals surface area contributed by atoms with Crippen molar-refractivity contribution in [3.05, 3.63) is 40.1 Å². The first kappa shape index (κ1) is 15.9. The van der Waals surface area contributed by atoms with E-state index in [1.54, 1.807) is 23.7 Å². The third kappa shape index (κ3) is 3.67. The van der Waals surface area contributed by atoms with Gasteiger partial charge in [-0.05, 0) is 30.5 Å². The predicted molar refractivity (Wildman–Crippen MR) is 89.2 cm³/mol. The molecule has 7 heteroatoms. The number of nitrogens with zero attached hydrogens (tertiary/aromatic N) is 4. The molecule has 6 nitrogen and oxygen atoms in total. The largest absolute Gasteiger partial charge is 0.331 e. The smallest absolute Gasteiger partial charge is 0.318 e. The lowest BCUT2D eigenvalue weighted by molar-refractivity contribution is 0.192. The number of nitrogens with one attached hydrogen (secondary N) is 1. The maximum atomic E-state index is 12.5. The zero-order valence-electron chi connectivity index (χ0n) is 13.4. The van der Waals surface area contributed by atoms with E-state index in [0.29, 0.717) is 12.5 Å². The summed E-state index contributed by atoms with van der Waals surface area (Å²) in [4.78, 5) is 18.4. The summed E-state index contributed by atoms with van der Waals surface area (Å²) in [6, 6.07) is 4.07. The Bertz CT molecular complexity index is 658. The molecule has 0 aromatic carbocycles. The van der Waals surface area contributed by atoms with Gasteiger partial charge < -0.3 is 10.2 Å². The molecule has 3 rings (SSSR count). The fraction of sp³-hybridized carbons (Fsp3) is 0.500. The van der Waals surface area contributed by atoms with Gasteiger partial charge in [-0.25, -0.2) is 4.79 Å². The molecule has 3 heterocycles. The summed E-state index contributed by atoms with van der Waals surface area (Å²) in [5.74, 6) is 0.367. The Kier molecular flexibility index (Phi) is 4.85. The Morgan fingerprint density at radius 1 is 1.39 bits per heavy atom. The van der Waals surface area contributed by atoms with Gasteiger partial charge in [-0.1, -0.05) is 25.2 Å². The van der Waals surface area contributed by atoms with E-state index in [2.05, 4.69) is 34.3 Å². The van der Waals surface area contributed by atoms with E-state index in [-0.39, 0.29) is 12.1 Å². The number of aromatic nitrogens is 3. The average Bonchev–Trinajstić information content (AvgIpc) is 3.23. The highest BCUT2D eigenvalue weighted by molar-refractivity contribution is 7.11. The topological polar surface area (TPSA) is 71.0 Å². The number of carbonyl (C=O) groups excluding carboxylic acids is 1. The van der Waals surface area contributed by atoms with Gasteiger partial charge in [0.05, 0.1) is 12.6 Å². The minimum Gasteiger partial charge on any atom is -0.331 e. The molecule has 1 atom stereocenters. The van der Waals surface area contributed by atoms with E-state index >= 15 is 0 Å². The Hall–Kier alpha value is -2.02. The van der Waals surface area contributed by atoms with Crippen LogP contribution in [0.5, 0.6) is 0 Å². The molecule has 23 heavy (non-hydrogen) atoms. The lowest BCUT2D eigenvalue weighted by Gasteiger charge is -2.25. The fourth-order valence-corrected chi connectivity index (χ4v) is 3.55. The average molecular weight is 331 g/mol. The minimum absolute atomic E-state index is 0.0365. The van der Waals surface area contributed by atoms with Crippen LogP contribution in [0.2, 0.25) is 0 Å². The number of likely N-dealkylation sites (tertiary alicyclic amines) is 1. The van der Waals surface area contributed by atoms with Crippen LogP contribution in [-0.4, -0.2) is 32.7 Å². The van der Waals surface area contributed by atoms with Gasteiger partial charge in [0.2, 0.25) is 0 Å². The maximum Gasteiger partial charge on any atom is 0.318 e. The van der Waals surface area contributed by atoms with Crippen molar-refractivity contribution < 1.29 is 4.79 Å². The van der Waals surface area contributed by atoms with Gasteiger partial charge in [0, 0.05) is 24.9 Å². The molecule has 0 aliphatic carbocycles. The van der Waals surface area contributed by atoms with Gasteiger partial charge in [0.15, 0.2) is 0 Å². The number of urea groups is 1. The molecule has 0 spiro atoms. The molecule has 1 saturated heterocycles. The Morgan fingerprint density at radius 2 is 2.17 bits per heavy atom. The van der Waals surface area contributed by atoms with Crippen molar-refractivity contribution in [3.8, 4) is 0 Å². The molecule has 2 amide bonds. The Balaban J connectivity index is 1.61. The molecule has 1 fully saturated rings. The zero-order chi connectivity index (χ0) is 16.2. The molecular formula is C16H21N5OS. The maximum absolute atomic E-state index is 12.5. The summed E-state index contributed by atoms with van der Waals surface area (Å²) in [6.07, 6.45) is 5.57. The van der Waals surface area contributed by atoms with Gasteiger partial charge in [-0.15, -0.1) is 10.2 Å². The summed E-state index contributed by atoms with van der Waals surface area (Å²) in [5, 5.41) is 13.1. The lowest BCUT2D eigenvalue weighted by atomic mass is 10.1. The molecular weight excluding hydrogens is 310 g/mol. The molecule has 1 N–H and O–H groups in total. The number of hydrogen-bond donors (Lipinski definition) is 1. The van der Waals surface area contributed by atoms with Crippen LogP contribution in [0.4, 0.5) is 4.79 Å². The highest BCUT2D eigenvalue weighted by atomic mass is 32.1. The number of rotatable bonds is 4. The first-order valence-electron chi connectivity index (χ1n) is 7.92. The lowest BCUT2D eigenvalue weighted by Crippen LogP contribution is -2.39. The summed E-state index contributed by atoms with van der Waals surface area (Å²) in [5.41, 5.74) is 1.14. The van der Waals surface area contributed by atoms with Crippen LogP contribution in [0, 0.1) is 0 Å². The SMILES string of the molecule is CC(C)c1nnc(CNC(=O)N2CCCC2c2ccncc2)s1. The number of amides is 2. The van der Waals surface area contributed by atoms with Crippen molar-refractivity contribution in [2.45, 2.75) is 45.2 Å². The van der Waals surface area contributed by atoms with E-state index in [1.165, 1.54) is 0 Å². The predicted octanol–water partition coefficient (Wildman–Crippen LogP) is 3.10. The molecule has 1 aliphatic rings. The third-order valence-electron chi connectivity index (χ3n) is 3.97. The van der Waals surface area contributed by atoms with Gasteiger partial charge in [-0.3, -0.25) is 4.98 Å². The first-order chi connectivity index (χ1) is 11.1. The third-order valence-corrected chi connectivity index (χ3v) is 5.20. The van der Waals surface area contributed by atoms with E-state index in [4.69, 9.17) is 0 Å². The van der Waals surface area contributed by atoms with Crippen LogP contribution in [0.3, 0.4) is 0 Å². The van der Waals surface area contributed by atoms with Gasteiger partial charge >= 0.3 is 6.03 Å². The molecule has 122 valence electrons. The second-order valence-electron chi connectivity index (χ2n) is 5.98. The van der Waals surface area contributed by atoms with Crippen molar-refractivity contribution in [1.82, 2.24) is 25.4 Å². The van der Waals surface area contributed by atoms with Crippen molar-refractivity contribution >= 4 is 17.4 Å². The summed E-state index contributed by atoms with van der Waals surface area (Å²) >= 11 is 1.56. The van der Waals surface area contributed by atoms with Crippen LogP contribution in [0.1, 0.15) is 54.2 Å². The fourth-order valence-electron chi connectivity index (χ4n) is 2.77. The van der Waals surface area contributed by atoms with Crippen molar-refractivity contribution in [2.75, 3.05) is 6.54 Å². The van der Waals surface area contributed by atoms with Gasteiger partial charge in [0.25, 0.3) is 0 Å². The monoisotopic (exact) mass is 331 g/mol. The van der Waals surface area contributed by atoms with Crippen LogP contribution >= 0.6 is 11.3 Å². The standard InChI is InChI=1S/C16H21N5OS/c1-11(2)15-20-19-14(23-15)10-18-16(22)21-9-3-4-13(21)12-5-7-17-8-6-12/h5-8,11,13H,3-4,9-10H2,1-2H3,(H,18,22). The summed E-state index contributed by atoms with van der Waals surface area (Å²) in [6.45, 7) is 5.40. The Morgan fingerprint density at radius 3 is 2.87 bits per heavy atom. The molecule has 0 radical (unpaired) electrons. The Labute approximate surface area is 140 Å². The molecule has 2 aromatic rings. The highest BCUT2D eigenvalue weighted by Gasteiger charge is 2.29. The van der Waals surface area contributed by atoms with E-state index in [0.717, 1.165) is 35.0 Å². The van der Waals surface area contributed by atoms with E-state index in [9.17, 15) is 4.79 Å². The highest BCUT2D eigenvalue weighted by Crippen LogP contribution is 2.31. The number of hydrogen-bond acceptors (Lipinski definition) is 5. The quantitative estimate of drug-likeness (QED) is 0.934. The van der Waals surface area contributed by atoms with E-state index in [1.807, 2.05) is 17.0 Å². The van der Waals surface area contributed by atoms with Crippen LogP contribution in [0.15, 0.2) is 24.5 Å². The molecule has 1 aliphatic heterocycles. The second-order valence-corrected chi connectivity index (χ2v) is 7.07. The minimum atomic E-state index is -0.0365. The van der Waals surface area contributed by atoms with Crippen molar-refractivity contribution in [1.29, 1.82) is 0 Å². The van der Waals surface area contributed by atoms with E-state index < -0.39 is 0 Å². The summed E-state index contributed by atoms with van der Waals surface area (Å²) < 4.78 is 0. The van der Waals surface area contributed by atoms with Crippen molar-refractivity contribution in [3.63, 3.8) is 0 Å². The van der Waals surface area contributed by atoms with Crippen LogP contribution < -0.4 is 5.32 Å². The second kappa shape index (κ2) is 7.04. The first-order valence-corrected chi connectivity index (χ1v) is 8.73. The van der Waals surface area contributed by atoms with Crippen molar-refractivity contribution in [2.24, 2.45) is 0 Å². The van der Waals surface area contributed by atoms with Crippen LogP contribution in [-0.2, 0) is 6.54 Å². The molecule has 2 aromatic heterocycles. The van der Waals surface area contributed by atoms with Crippen LogP contribution in [0.25, 0.3) is 0 Å². The molecule has 0 bridgehead atoms. The summed E-state index contributed by atoms with van der Waals surface area (Å²) in [7, 11) is 0. The molecule has 1 unspecified atom stereocenters. The molecule has 0 saturated carbocycles. The number of carbonyl (C=O) groups is 1. The zero-order valence-corrected chi connectivity index (χ0v) is 14.2.